The molecule has 0 aliphatic rings. The molecule has 0 fully saturated rings. The number of esters is 1. The lowest BCUT2D eigenvalue weighted by Crippen LogP contribution is -2.09. The molecule has 0 amide bonds. The van der Waals surface area contributed by atoms with Crippen LogP contribution in [0.1, 0.15) is 13.3 Å². The van der Waals surface area contributed by atoms with Crippen molar-refractivity contribution in [2.75, 3.05) is 7.11 Å². The normalized spacial score (nSPS) is 11.9. The van der Waals surface area contributed by atoms with Gasteiger partial charge in [0.2, 0.25) is 0 Å². The van der Waals surface area contributed by atoms with Crippen molar-refractivity contribution in [2.24, 2.45) is 0 Å². The molecule has 0 N–H and O–H groups in total. The minimum Gasteiger partial charge on any atom is -0.469 e. The van der Waals surface area contributed by atoms with Gasteiger partial charge < -0.3 is 4.74 Å². The molecule has 8 heteroatoms. The molecule has 1 aromatic rings. The van der Waals surface area contributed by atoms with Gasteiger partial charge >= 0.3 is 11.7 Å². The summed E-state index contributed by atoms with van der Waals surface area (Å²) >= 11 is 4.31. The Bertz CT molecular complexity index is 469. The first-order valence-electron chi connectivity index (χ1n) is 4.97. The molecule has 18 heavy (non-hydrogen) atoms. The molecule has 0 radical (unpaired) electrons. The van der Waals surface area contributed by atoms with Crippen LogP contribution in [0.25, 0.3) is 0 Å². The van der Waals surface area contributed by atoms with Gasteiger partial charge in [-0.3, -0.25) is 14.9 Å². The first-order valence-corrected chi connectivity index (χ1v) is 6.64. The van der Waals surface area contributed by atoms with E-state index >= 15 is 0 Å². The molecule has 1 aromatic heterocycles. The molecule has 1 atom stereocenters. The fraction of sp³-hybridized carbons (Fsp3) is 0.400. The van der Waals surface area contributed by atoms with Gasteiger partial charge in [0.25, 0.3) is 0 Å². The summed E-state index contributed by atoms with van der Waals surface area (Å²) in [6.45, 7) is 1.79. The summed E-state index contributed by atoms with van der Waals surface area (Å²) in [5.41, 5.74) is -0.0777. The number of aromatic nitrogens is 1. The number of carbonyl (C=O) groups is 1. The van der Waals surface area contributed by atoms with Crippen LogP contribution >= 0.6 is 27.7 Å². The van der Waals surface area contributed by atoms with Crippen LogP contribution in [0.15, 0.2) is 21.8 Å². The van der Waals surface area contributed by atoms with Crippen LogP contribution in [0.5, 0.6) is 0 Å². The lowest BCUT2D eigenvalue weighted by atomic mass is 10.3. The number of thioether (sulfide) groups is 1. The first kappa shape index (κ1) is 14.9. The Morgan fingerprint density at radius 1 is 1.72 bits per heavy atom. The lowest BCUT2D eigenvalue weighted by Gasteiger charge is -2.09. The van der Waals surface area contributed by atoms with Crippen LogP contribution in [0.4, 0.5) is 5.69 Å². The number of rotatable bonds is 5. The van der Waals surface area contributed by atoms with Crippen LogP contribution in [0.3, 0.4) is 0 Å². The zero-order valence-corrected chi connectivity index (χ0v) is 12.2. The maximum Gasteiger partial charge on any atom is 0.306 e. The predicted octanol–water partition coefficient (Wildman–Crippen LogP) is 2.80. The highest BCUT2D eigenvalue weighted by atomic mass is 79.9. The standard InChI is InChI=1S/C10H11BrN2O4S/c1-6(3-9(14)17-2)18-10-8(13(15)16)4-7(11)5-12-10/h4-6H,3H2,1-2H3. The number of halogens is 1. The Balaban J connectivity index is 2.84. The molecule has 0 aliphatic heterocycles. The van der Waals surface area contributed by atoms with Crippen molar-refractivity contribution >= 4 is 39.3 Å². The second-order valence-electron chi connectivity index (χ2n) is 3.44. The molecule has 1 rings (SSSR count). The Kier molecular flexibility index (Phi) is 5.54. The van der Waals surface area contributed by atoms with Crippen molar-refractivity contribution in [3.63, 3.8) is 0 Å². The van der Waals surface area contributed by atoms with Crippen LogP contribution in [-0.2, 0) is 9.53 Å². The van der Waals surface area contributed by atoms with Gasteiger partial charge in [0.1, 0.15) is 0 Å². The third-order valence-corrected chi connectivity index (χ3v) is 3.53. The topological polar surface area (TPSA) is 82.3 Å². The van der Waals surface area contributed by atoms with E-state index in [9.17, 15) is 14.9 Å². The van der Waals surface area contributed by atoms with Crippen molar-refractivity contribution < 1.29 is 14.5 Å². The number of hydrogen-bond donors (Lipinski definition) is 0. The maximum atomic E-state index is 11.1. The minimum absolute atomic E-state index is 0.0777. The number of methoxy groups -OCH3 is 1. The molecule has 1 unspecified atom stereocenters. The molecule has 0 bridgehead atoms. The summed E-state index contributed by atoms with van der Waals surface area (Å²) < 4.78 is 5.08. The van der Waals surface area contributed by atoms with Crippen molar-refractivity contribution in [1.82, 2.24) is 4.98 Å². The largest absolute Gasteiger partial charge is 0.469 e. The second-order valence-corrected chi connectivity index (χ2v) is 5.79. The van der Waals surface area contributed by atoms with Gasteiger partial charge in [-0.25, -0.2) is 4.98 Å². The monoisotopic (exact) mass is 334 g/mol. The second kappa shape index (κ2) is 6.69. The maximum absolute atomic E-state index is 11.1. The average Bonchev–Trinajstić information content (AvgIpc) is 2.30. The average molecular weight is 335 g/mol. The Morgan fingerprint density at radius 3 is 2.94 bits per heavy atom. The summed E-state index contributed by atoms with van der Waals surface area (Å²) in [6.07, 6.45) is 1.66. The van der Waals surface area contributed by atoms with Gasteiger partial charge in [-0.05, 0) is 15.9 Å². The molecule has 0 spiro atoms. The van der Waals surface area contributed by atoms with Gasteiger partial charge in [0.15, 0.2) is 5.03 Å². The summed E-state index contributed by atoms with van der Waals surface area (Å²) in [5.74, 6) is -0.352. The summed E-state index contributed by atoms with van der Waals surface area (Å²) in [5, 5.41) is 11.0. The van der Waals surface area contributed by atoms with E-state index < -0.39 is 4.92 Å². The van der Waals surface area contributed by atoms with Crippen LogP contribution < -0.4 is 0 Å². The molecule has 0 aromatic carbocycles. The molecule has 0 aliphatic carbocycles. The van der Waals surface area contributed by atoms with E-state index in [1.165, 1.54) is 31.1 Å². The van der Waals surface area contributed by atoms with E-state index in [0.29, 0.717) is 9.50 Å². The molecule has 0 saturated carbocycles. The molecule has 98 valence electrons. The summed E-state index contributed by atoms with van der Waals surface area (Å²) in [4.78, 5) is 25.5. The van der Waals surface area contributed by atoms with Crippen LogP contribution in [0.2, 0.25) is 0 Å². The van der Waals surface area contributed by atoms with Crippen LogP contribution in [0, 0.1) is 10.1 Å². The van der Waals surface area contributed by atoms with Crippen LogP contribution in [-0.4, -0.2) is 28.2 Å². The van der Waals surface area contributed by atoms with E-state index in [0.717, 1.165) is 0 Å². The Hall–Kier alpha value is -1.15. The van der Waals surface area contributed by atoms with E-state index in [2.05, 4.69) is 25.7 Å². The van der Waals surface area contributed by atoms with E-state index in [1.807, 2.05) is 0 Å². The molecule has 1 heterocycles. The highest BCUT2D eigenvalue weighted by Crippen LogP contribution is 2.32. The zero-order valence-electron chi connectivity index (χ0n) is 9.75. The predicted molar refractivity (Wildman–Crippen MR) is 70.5 cm³/mol. The highest BCUT2D eigenvalue weighted by Gasteiger charge is 2.20. The number of nitrogens with zero attached hydrogens (tertiary/aromatic N) is 2. The van der Waals surface area contributed by atoms with Crippen molar-refractivity contribution in [2.45, 2.75) is 23.6 Å². The Labute approximate surface area is 116 Å². The van der Waals surface area contributed by atoms with E-state index in [4.69, 9.17) is 0 Å². The van der Waals surface area contributed by atoms with E-state index in [-0.39, 0.29) is 23.3 Å². The SMILES string of the molecule is COC(=O)CC(C)Sc1ncc(Br)cc1[N+](=O)[O-]. The van der Waals surface area contributed by atoms with Crippen molar-refractivity contribution in [1.29, 1.82) is 0 Å². The van der Waals surface area contributed by atoms with Crippen molar-refractivity contribution in [3.8, 4) is 0 Å². The third kappa shape index (κ3) is 4.26. The van der Waals surface area contributed by atoms with Gasteiger partial charge in [-0.1, -0.05) is 18.7 Å². The quantitative estimate of drug-likeness (QED) is 0.356. The number of nitro groups is 1. The molecular formula is C10H11BrN2O4S. The number of pyridine rings is 1. The zero-order chi connectivity index (χ0) is 13.7. The van der Waals surface area contributed by atoms with Crippen molar-refractivity contribution in [3.05, 3.63) is 26.9 Å². The lowest BCUT2D eigenvalue weighted by molar-refractivity contribution is -0.388. The fourth-order valence-electron chi connectivity index (χ4n) is 1.19. The summed E-state index contributed by atoms with van der Waals surface area (Å²) in [7, 11) is 1.31. The fourth-order valence-corrected chi connectivity index (χ4v) is 2.48. The van der Waals surface area contributed by atoms with Gasteiger partial charge in [0, 0.05) is 22.0 Å². The van der Waals surface area contributed by atoms with Gasteiger partial charge in [-0.15, -0.1) is 0 Å². The van der Waals surface area contributed by atoms with Gasteiger partial charge in [0.05, 0.1) is 18.5 Å². The molecule has 6 nitrogen and oxygen atoms in total. The Morgan fingerprint density at radius 2 is 2.39 bits per heavy atom. The number of carbonyl (C=O) groups excluding carboxylic acids is 1. The third-order valence-electron chi connectivity index (χ3n) is 1.99. The first-order chi connectivity index (χ1) is 8.43. The van der Waals surface area contributed by atoms with Gasteiger partial charge in [-0.2, -0.15) is 0 Å². The van der Waals surface area contributed by atoms with E-state index in [1.54, 1.807) is 6.92 Å². The number of hydrogen-bond acceptors (Lipinski definition) is 6. The molecular weight excluding hydrogens is 324 g/mol. The molecule has 0 saturated heterocycles. The minimum atomic E-state index is -0.495. The number of ether oxygens (including phenoxy) is 1. The highest BCUT2D eigenvalue weighted by molar-refractivity contribution is 9.10. The smallest absolute Gasteiger partial charge is 0.306 e. The summed E-state index contributed by atoms with van der Waals surface area (Å²) in [6, 6.07) is 1.39.